The summed E-state index contributed by atoms with van der Waals surface area (Å²) in [6.07, 6.45) is 11.2. The average Bonchev–Trinajstić information content (AvgIpc) is 3.31. The summed E-state index contributed by atoms with van der Waals surface area (Å²) < 4.78 is 2.17. The topological polar surface area (TPSA) is 79.7 Å². The average molecular weight is 350 g/mol. The number of aromatic amines is 1. The Labute approximate surface area is 152 Å². The molecule has 134 valence electrons. The third-order valence-corrected chi connectivity index (χ3v) is 4.83. The van der Waals surface area contributed by atoms with Crippen LogP contribution in [0.25, 0.3) is 0 Å². The van der Waals surface area contributed by atoms with E-state index in [9.17, 15) is 4.79 Å². The SMILES string of the molecule is Cc1cnc(C(=O)N2CCC[C@@H](c3nccn3Cc3ccncc3)C2)[nH]1. The monoisotopic (exact) mass is 350 g/mol. The minimum absolute atomic E-state index is 0.0324. The molecule has 1 aliphatic rings. The molecule has 7 heteroatoms. The van der Waals surface area contributed by atoms with Crippen LogP contribution in [0.5, 0.6) is 0 Å². The van der Waals surface area contributed by atoms with Gasteiger partial charge < -0.3 is 14.5 Å². The highest BCUT2D eigenvalue weighted by Gasteiger charge is 2.29. The van der Waals surface area contributed by atoms with Crippen molar-refractivity contribution in [3.63, 3.8) is 0 Å². The Kier molecular flexibility index (Phi) is 4.51. The Morgan fingerprint density at radius 3 is 2.88 bits per heavy atom. The first-order chi connectivity index (χ1) is 12.7. The molecular formula is C19H22N6O. The van der Waals surface area contributed by atoms with Gasteiger partial charge in [-0.15, -0.1) is 0 Å². The molecule has 1 aliphatic heterocycles. The number of carbonyl (C=O) groups excluding carboxylic acids is 1. The van der Waals surface area contributed by atoms with Gasteiger partial charge in [-0.2, -0.15) is 0 Å². The van der Waals surface area contributed by atoms with Crippen LogP contribution < -0.4 is 0 Å². The van der Waals surface area contributed by atoms with E-state index in [2.05, 4.69) is 24.5 Å². The molecule has 3 aromatic rings. The number of likely N-dealkylation sites (tertiary alicyclic amines) is 1. The number of nitrogens with zero attached hydrogens (tertiary/aromatic N) is 5. The number of piperidine rings is 1. The predicted octanol–water partition coefficient (Wildman–Crippen LogP) is 2.38. The standard InChI is InChI=1S/C19H22N6O/c1-14-11-22-17(23-14)19(26)25-9-2-3-16(13-25)18-21-8-10-24(18)12-15-4-6-20-7-5-15/h4-8,10-11,16H,2-3,9,12-13H2,1H3,(H,22,23)/t16-/m1/s1. The van der Waals surface area contributed by atoms with Gasteiger partial charge in [0.15, 0.2) is 5.82 Å². The summed E-state index contributed by atoms with van der Waals surface area (Å²) >= 11 is 0. The van der Waals surface area contributed by atoms with Gasteiger partial charge in [0, 0.05) is 62.2 Å². The van der Waals surface area contributed by atoms with Gasteiger partial charge in [-0.05, 0) is 37.5 Å². The second kappa shape index (κ2) is 7.11. The molecule has 4 rings (SSSR count). The van der Waals surface area contributed by atoms with Crippen molar-refractivity contribution in [3.05, 3.63) is 66.0 Å². The second-order valence-electron chi connectivity index (χ2n) is 6.77. The van der Waals surface area contributed by atoms with Crippen LogP contribution in [0.4, 0.5) is 0 Å². The quantitative estimate of drug-likeness (QED) is 0.783. The molecule has 0 spiro atoms. The van der Waals surface area contributed by atoms with Crippen molar-refractivity contribution in [2.75, 3.05) is 13.1 Å². The lowest BCUT2D eigenvalue weighted by molar-refractivity contribution is 0.0692. The molecule has 0 radical (unpaired) electrons. The number of aromatic nitrogens is 5. The van der Waals surface area contributed by atoms with Gasteiger partial charge in [-0.1, -0.05) is 0 Å². The van der Waals surface area contributed by atoms with E-state index in [4.69, 9.17) is 0 Å². The van der Waals surface area contributed by atoms with E-state index >= 15 is 0 Å². The van der Waals surface area contributed by atoms with Crippen LogP contribution in [0.15, 0.2) is 43.1 Å². The normalized spacial score (nSPS) is 17.4. The van der Waals surface area contributed by atoms with E-state index < -0.39 is 0 Å². The first-order valence-electron chi connectivity index (χ1n) is 8.91. The highest BCUT2D eigenvalue weighted by atomic mass is 16.2. The predicted molar refractivity (Wildman–Crippen MR) is 96.8 cm³/mol. The van der Waals surface area contributed by atoms with Crippen LogP contribution in [-0.2, 0) is 6.54 Å². The van der Waals surface area contributed by atoms with E-state index in [1.807, 2.05) is 36.4 Å². The first kappa shape index (κ1) is 16.5. The zero-order valence-corrected chi connectivity index (χ0v) is 14.8. The number of carbonyl (C=O) groups is 1. The molecule has 1 atom stereocenters. The molecule has 4 heterocycles. The number of H-pyrrole nitrogens is 1. The van der Waals surface area contributed by atoms with Crippen molar-refractivity contribution in [1.29, 1.82) is 0 Å². The van der Waals surface area contributed by atoms with Crippen molar-refractivity contribution in [2.45, 2.75) is 32.2 Å². The number of amides is 1. The fraction of sp³-hybridized carbons (Fsp3) is 0.368. The van der Waals surface area contributed by atoms with E-state index in [0.717, 1.165) is 37.4 Å². The Morgan fingerprint density at radius 2 is 2.12 bits per heavy atom. The zero-order valence-electron chi connectivity index (χ0n) is 14.8. The summed E-state index contributed by atoms with van der Waals surface area (Å²) in [5.41, 5.74) is 2.09. The van der Waals surface area contributed by atoms with Gasteiger partial charge in [0.1, 0.15) is 5.82 Å². The molecule has 0 aliphatic carbocycles. The lowest BCUT2D eigenvalue weighted by Crippen LogP contribution is -2.40. The maximum atomic E-state index is 12.7. The lowest BCUT2D eigenvalue weighted by atomic mass is 9.97. The summed E-state index contributed by atoms with van der Waals surface area (Å²) in [6, 6.07) is 4.03. The molecule has 1 fully saturated rings. The number of imidazole rings is 2. The third-order valence-electron chi connectivity index (χ3n) is 4.83. The molecule has 1 N–H and O–H groups in total. The summed E-state index contributed by atoms with van der Waals surface area (Å²) in [5, 5.41) is 0. The lowest BCUT2D eigenvalue weighted by Gasteiger charge is -2.32. The Hall–Kier alpha value is -2.96. The summed E-state index contributed by atoms with van der Waals surface area (Å²) in [4.78, 5) is 30.5. The second-order valence-corrected chi connectivity index (χ2v) is 6.77. The molecule has 3 aromatic heterocycles. The number of rotatable bonds is 4. The molecule has 0 saturated carbocycles. The molecular weight excluding hydrogens is 328 g/mol. The Bertz CT molecular complexity index is 884. The van der Waals surface area contributed by atoms with Gasteiger partial charge in [-0.25, -0.2) is 9.97 Å². The molecule has 0 unspecified atom stereocenters. The highest BCUT2D eigenvalue weighted by Crippen LogP contribution is 2.27. The maximum Gasteiger partial charge on any atom is 0.289 e. The highest BCUT2D eigenvalue weighted by molar-refractivity contribution is 5.90. The number of pyridine rings is 1. The van der Waals surface area contributed by atoms with Crippen molar-refractivity contribution >= 4 is 5.91 Å². The number of hydrogen-bond donors (Lipinski definition) is 1. The van der Waals surface area contributed by atoms with Crippen molar-refractivity contribution < 1.29 is 4.79 Å². The molecule has 26 heavy (non-hydrogen) atoms. The number of hydrogen-bond acceptors (Lipinski definition) is 4. The van der Waals surface area contributed by atoms with Gasteiger partial charge in [0.25, 0.3) is 5.91 Å². The summed E-state index contributed by atoms with van der Waals surface area (Å²) in [5.74, 6) is 1.66. The Morgan fingerprint density at radius 1 is 1.27 bits per heavy atom. The van der Waals surface area contributed by atoms with Gasteiger partial charge in [0.05, 0.1) is 0 Å². The van der Waals surface area contributed by atoms with Crippen molar-refractivity contribution in [3.8, 4) is 0 Å². The molecule has 7 nitrogen and oxygen atoms in total. The number of nitrogens with one attached hydrogen (secondary N) is 1. The first-order valence-corrected chi connectivity index (χ1v) is 8.91. The summed E-state index contributed by atoms with van der Waals surface area (Å²) in [7, 11) is 0. The zero-order chi connectivity index (χ0) is 17.9. The molecule has 1 amide bonds. The van der Waals surface area contributed by atoms with E-state index in [1.165, 1.54) is 5.56 Å². The van der Waals surface area contributed by atoms with Crippen LogP contribution in [-0.4, -0.2) is 48.4 Å². The van der Waals surface area contributed by atoms with Gasteiger partial charge in [0.2, 0.25) is 0 Å². The Balaban J connectivity index is 1.50. The van der Waals surface area contributed by atoms with Gasteiger partial charge >= 0.3 is 0 Å². The fourth-order valence-electron chi connectivity index (χ4n) is 3.54. The molecule has 0 aromatic carbocycles. The van der Waals surface area contributed by atoms with E-state index in [1.54, 1.807) is 18.6 Å². The summed E-state index contributed by atoms with van der Waals surface area (Å²) in [6.45, 7) is 4.10. The maximum absolute atomic E-state index is 12.7. The van der Waals surface area contributed by atoms with Gasteiger partial charge in [-0.3, -0.25) is 9.78 Å². The number of aryl methyl sites for hydroxylation is 1. The fourth-order valence-corrected chi connectivity index (χ4v) is 3.54. The van der Waals surface area contributed by atoms with Crippen molar-refractivity contribution in [1.82, 2.24) is 29.4 Å². The van der Waals surface area contributed by atoms with E-state index in [-0.39, 0.29) is 11.8 Å². The third kappa shape index (κ3) is 3.37. The minimum Gasteiger partial charge on any atom is -0.338 e. The van der Waals surface area contributed by atoms with Crippen LogP contribution in [0.1, 0.15) is 46.5 Å². The molecule has 1 saturated heterocycles. The molecule has 0 bridgehead atoms. The van der Waals surface area contributed by atoms with Crippen LogP contribution in [0, 0.1) is 6.92 Å². The van der Waals surface area contributed by atoms with Crippen molar-refractivity contribution in [2.24, 2.45) is 0 Å². The minimum atomic E-state index is -0.0324. The van der Waals surface area contributed by atoms with Crippen LogP contribution in [0.2, 0.25) is 0 Å². The largest absolute Gasteiger partial charge is 0.338 e. The van der Waals surface area contributed by atoms with E-state index in [0.29, 0.717) is 12.4 Å². The smallest absolute Gasteiger partial charge is 0.289 e. The van der Waals surface area contributed by atoms with Crippen LogP contribution >= 0.6 is 0 Å². The van der Waals surface area contributed by atoms with Crippen LogP contribution in [0.3, 0.4) is 0 Å².